The summed E-state index contributed by atoms with van der Waals surface area (Å²) in [5.41, 5.74) is 2.15. The van der Waals surface area contributed by atoms with Crippen molar-refractivity contribution in [2.24, 2.45) is 4.99 Å². The second-order valence-electron chi connectivity index (χ2n) is 7.09. The lowest BCUT2D eigenvalue weighted by molar-refractivity contribution is -0.385. The van der Waals surface area contributed by atoms with Gasteiger partial charge in [-0.3, -0.25) is 10.1 Å². The van der Waals surface area contributed by atoms with E-state index in [1.54, 1.807) is 55.5 Å². The molecule has 1 aliphatic heterocycles. The lowest BCUT2D eigenvalue weighted by Crippen LogP contribution is -2.06. The molecule has 8 heteroatoms. The van der Waals surface area contributed by atoms with Crippen molar-refractivity contribution in [3.05, 3.63) is 111 Å². The number of hydrogen-bond donors (Lipinski definition) is 0. The van der Waals surface area contributed by atoms with Crippen LogP contribution in [0, 0.1) is 22.9 Å². The highest BCUT2D eigenvalue weighted by Gasteiger charge is 2.25. The van der Waals surface area contributed by atoms with E-state index in [2.05, 4.69) is 4.99 Å². The molecule has 0 aliphatic carbocycles. The Hall–Kier alpha value is -4.33. The van der Waals surface area contributed by atoms with Gasteiger partial charge in [0.05, 0.1) is 4.92 Å². The van der Waals surface area contributed by atoms with Crippen LogP contribution in [0.1, 0.15) is 22.3 Å². The Morgan fingerprint density at radius 3 is 2.72 bits per heavy atom. The lowest BCUT2D eigenvalue weighted by Gasteiger charge is -2.07. The largest absolute Gasteiger partial charge is 0.489 e. The van der Waals surface area contributed by atoms with E-state index in [9.17, 15) is 19.3 Å². The minimum Gasteiger partial charge on any atom is -0.489 e. The summed E-state index contributed by atoms with van der Waals surface area (Å²) in [5.74, 6) is -0.456. The minimum absolute atomic E-state index is 0.00265. The van der Waals surface area contributed by atoms with Gasteiger partial charge in [-0.2, -0.15) is 0 Å². The molecule has 3 aromatic rings. The van der Waals surface area contributed by atoms with E-state index >= 15 is 0 Å². The van der Waals surface area contributed by atoms with Crippen molar-refractivity contribution < 1.29 is 23.6 Å². The number of nitro benzene ring substituents is 1. The Kier molecular flexibility index (Phi) is 5.76. The molecule has 160 valence electrons. The molecule has 0 spiro atoms. The molecule has 7 nitrogen and oxygen atoms in total. The average Bonchev–Trinajstić information content (AvgIpc) is 3.13. The Bertz CT molecular complexity index is 1280. The third kappa shape index (κ3) is 4.70. The predicted molar refractivity (Wildman–Crippen MR) is 116 cm³/mol. The van der Waals surface area contributed by atoms with Gasteiger partial charge in [-0.25, -0.2) is 14.2 Å². The maximum absolute atomic E-state index is 13.3. The fraction of sp³-hybridized carbons (Fsp3) is 0.0833. The number of hydrogen-bond acceptors (Lipinski definition) is 6. The molecule has 0 atom stereocenters. The maximum atomic E-state index is 13.3. The van der Waals surface area contributed by atoms with E-state index < -0.39 is 10.9 Å². The summed E-state index contributed by atoms with van der Waals surface area (Å²) in [5, 5.41) is 11.2. The number of nitro groups is 1. The van der Waals surface area contributed by atoms with Crippen LogP contribution in [0.15, 0.2) is 77.4 Å². The maximum Gasteiger partial charge on any atom is 0.363 e. The Morgan fingerprint density at radius 1 is 1.12 bits per heavy atom. The molecule has 32 heavy (non-hydrogen) atoms. The highest BCUT2D eigenvalue weighted by Crippen LogP contribution is 2.25. The average molecular weight is 432 g/mol. The molecule has 0 bridgehead atoms. The second-order valence-corrected chi connectivity index (χ2v) is 7.09. The fourth-order valence-corrected chi connectivity index (χ4v) is 3.12. The van der Waals surface area contributed by atoms with Gasteiger partial charge in [0.15, 0.2) is 5.70 Å². The molecule has 4 rings (SSSR count). The third-order valence-electron chi connectivity index (χ3n) is 4.73. The van der Waals surface area contributed by atoms with Crippen molar-refractivity contribution in [2.45, 2.75) is 13.5 Å². The van der Waals surface area contributed by atoms with Crippen LogP contribution in [0.2, 0.25) is 0 Å². The number of carbonyl (C=O) groups excluding carboxylic acids is 1. The van der Waals surface area contributed by atoms with Gasteiger partial charge in [0.2, 0.25) is 5.90 Å². The standard InChI is InChI=1S/C24H17FN2O5/c1-15-8-9-18(13-22(15)27(29)30)23-26-21(24(28)32-23)12-16-4-3-7-20(11-16)31-14-17-5-2-6-19(25)10-17/h2-13H,14H2,1H3/b21-12-. The first-order chi connectivity index (χ1) is 15.4. The van der Waals surface area contributed by atoms with E-state index in [4.69, 9.17) is 9.47 Å². The number of carbonyl (C=O) groups is 1. The topological polar surface area (TPSA) is 91.0 Å². The quantitative estimate of drug-likeness (QED) is 0.237. The van der Waals surface area contributed by atoms with Crippen molar-refractivity contribution >= 4 is 23.6 Å². The van der Waals surface area contributed by atoms with Crippen molar-refractivity contribution in [3.8, 4) is 5.75 Å². The van der Waals surface area contributed by atoms with Gasteiger partial charge in [0.25, 0.3) is 5.69 Å². The number of rotatable bonds is 6. The van der Waals surface area contributed by atoms with Crippen LogP contribution in [0.4, 0.5) is 10.1 Å². The Labute approximate surface area is 182 Å². The van der Waals surface area contributed by atoms with Gasteiger partial charge < -0.3 is 9.47 Å². The monoisotopic (exact) mass is 432 g/mol. The van der Waals surface area contributed by atoms with E-state index in [0.717, 1.165) is 0 Å². The molecule has 0 saturated carbocycles. The van der Waals surface area contributed by atoms with E-state index in [-0.39, 0.29) is 29.7 Å². The van der Waals surface area contributed by atoms with Crippen molar-refractivity contribution in [2.75, 3.05) is 0 Å². The predicted octanol–water partition coefficient (Wildman–Crippen LogP) is 4.97. The van der Waals surface area contributed by atoms with Gasteiger partial charge in [-0.15, -0.1) is 0 Å². The number of aliphatic imine (C=N–C) groups is 1. The molecule has 1 heterocycles. The van der Waals surface area contributed by atoms with Crippen molar-refractivity contribution in [1.82, 2.24) is 0 Å². The highest BCUT2D eigenvalue weighted by atomic mass is 19.1. The highest BCUT2D eigenvalue weighted by molar-refractivity contribution is 6.13. The van der Waals surface area contributed by atoms with Gasteiger partial charge in [-0.05, 0) is 54.5 Å². The lowest BCUT2D eigenvalue weighted by atomic mass is 10.1. The first kappa shape index (κ1) is 20.9. The van der Waals surface area contributed by atoms with E-state index in [1.165, 1.54) is 24.3 Å². The van der Waals surface area contributed by atoms with Crippen LogP contribution in [0.25, 0.3) is 6.08 Å². The van der Waals surface area contributed by atoms with Gasteiger partial charge >= 0.3 is 5.97 Å². The minimum atomic E-state index is -0.658. The summed E-state index contributed by atoms with van der Waals surface area (Å²) in [6, 6.07) is 17.6. The fourth-order valence-electron chi connectivity index (χ4n) is 3.12. The van der Waals surface area contributed by atoms with Crippen molar-refractivity contribution in [1.29, 1.82) is 0 Å². The molecule has 0 N–H and O–H groups in total. The van der Waals surface area contributed by atoms with Crippen LogP contribution < -0.4 is 4.74 Å². The second kappa shape index (κ2) is 8.81. The summed E-state index contributed by atoms with van der Waals surface area (Å²) in [7, 11) is 0. The van der Waals surface area contributed by atoms with Crippen LogP contribution in [0.5, 0.6) is 5.75 Å². The number of halogens is 1. The molecule has 0 amide bonds. The van der Waals surface area contributed by atoms with Gasteiger partial charge in [0, 0.05) is 17.2 Å². The van der Waals surface area contributed by atoms with E-state index in [0.29, 0.717) is 28.0 Å². The summed E-state index contributed by atoms with van der Waals surface area (Å²) >= 11 is 0. The molecular formula is C24H17FN2O5. The number of nitrogens with zero attached hydrogens (tertiary/aromatic N) is 2. The molecular weight excluding hydrogens is 415 g/mol. The first-order valence-corrected chi connectivity index (χ1v) is 9.64. The number of aryl methyl sites for hydroxylation is 1. The smallest absolute Gasteiger partial charge is 0.363 e. The van der Waals surface area contributed by atoms with Gasteiger partial charge in [-0.1, -0.05) is 30.3 Å². The zero-order valence-corrected chi connectivity index (χ0v) is 16.9. The zero-order valence-electron chi connectivity index (χ0n) is 16.9. The summed E-state index contributed by atoms with van der Waals surface area (Å²) in [6.07, 6.45) is 1.53. The Balaban J connectivity index is 1.54. The van der Waals surface area contributed by atoms with Crippen molar-refractivity contribution in [3.63, 3.8) is 0 Å². The van der Waals surface area contributed by atoms with E-state index in [1.807, 2.05) is 0 Å². The van der Waals surface area contributed by atoms with Crippen LogP contribution in [-0.4, -0.2) is 16.8 Å². The third-order valence-corrected chi connectivity index (χ3v) is 4.73. The summed E-state index contributed by atoms with van der Waals surface area (Å²) < 4.78 is 24.2. The molecule has 3 aromatic carbocycles. The van der Waals surface area contributed by atoms with Crippen LogP contribution in [0.3, 0.4) is 0 Å². The zero-order chi connectivity index (χ0) is 22.7. The summed E-state index contributed by atoms with van der Waals surface area (Å²) in [4.78, 5) is 27.1. The van der Waals surface area contributed by atoms with Gasteiger partial charge in [0.1, 0.15) is 18.2 Å². The van der Waals surface area contributed by atoms with Crippen LogP contribution in [-0.2, 0) is 16.1 Å². The summed E-state index contributed by atoms with van der Waals surface area (Å²) in [6.45, 7) is 1.81. The van der Waals surface area contributed by atoms with Crippen LogP contribution >= 0.6 is 0 Å². The number of benzene rings is 3. The SMILES string of the molecule is Cc1ccc(C2=N/C(=C\c3cccc(OCc4cccc(F)c4)c3)C(=O)O2)cc1[N+](=O)[O-]. The molecule has 0 aromatic heterocycles. The normalized spacial score (nSPS) is 14.2. The molecule has 1 aliphatic rings. The molecule has 0 unspecified atom stereocenters. The number of esters is 1. The number of ether oxygens (including phenoxy) is 2. The molecule has 0 radical (unpaired) electrons. The molecule has 0 saturated heterocycles. The molecule has 0 fully saturated rings. The Morgan fingerprint density at radius 2 is 1.94 bits per heavy atom. The first-order valence-electron chi connectivity index (χ1n) is 9.64. The number of cyclic esters (lactones) is 1.